The van der Waals surface area contributed by atoms with Crippen molar-refractivity contribution in [1.29, 1.82) is 0 Å². The molecule has 9 heteroatoms. The van der Waals surface area contributed by atoms with E-state index in [1.54, 1.807) is 18.3 Å². The van der Waals surface area contributed by atoms with Crippen molar-refractivity contribution in [2.24, 2.45) is 0 Å². The van der Waals surface area contributed by atoms with Gasteiger partial charge in [-0.2, -0.15) is 0 Å². The summed E-state index contributed by atoms with van der Waals surface area (Å²) in [6.07, 6.45) is 0.877. The van der Waals surface area contributed by atoms with Crippen LogP contribution in [0.25, 0.3) is 20.3 Å². The first-order chi connectivity index (χ1) is 14.3. The maximum atomic E-state index is 11.9. The van der Waals surface area contributed by atoms with Crippen LogP contribution < -0.4 is 15.8 Å². The first-order valence-corrected chi connectivity index (χ1v) is 13.0. The van der Waals surface area contributed by atoms with Gasteiger partial charge in [0.05, 0.1) is 16.0 Å². The van der Waals surface area contributed by atoms with Crippen LogP contribution >= 0.6 is 22.7 Å². The number of aromatic nitrogens is 1. The van der Waals surface area contributed by atoms with Crippen LogP contribution in [0.1, 0.15) is 22.9 Å². The van der Waals surface area contributed by atoms with E-state index >= 15 is 0 Å². The fraction of sp³-hybridized carbons (Fsp3) is 0.286. The molecule has 2 aromatic heterocycles. The summed E-state index contributed by atoms with van der Waals surface area (Å²) in [7, 11) is -3.28. The number of anilines is 2. The zero-order valence-electron chi connectivity index (χ0n) is 16.9. The van der Waals surface area contributed by atoms with Gasteiger partial charge in [0.25, 0.3) is 0 Å². The first kappa shape index (κ1) is 21.0. The highest BCUT2D eigenvalue weighted by Crippen LogP contribution is 2.33. The molecule has 158 valence electrons. The Hall–Kier alpha value is -2.20. The molecule has 0 saturated carbocycles. The average Bonchev–Trinajstić information content (AvgIpc) is 3.22. The second-order valence-corrected chi connectivity index (χ2v) is 11.5. The van der Waals surface area contributed by atoms with Crippen LogP contribution in [0.2, 0.25) is 0 Å². The largest absolute Gasteiger partial charge is 0.375 e. The predicted molar refractivity (Wildman–Crippen MR) is 129 cm³/mol. The van der Waals surface area contributed by atoms with Crippen molar-refractivity contribution in [3.63, 3.8) is 0 Å². The molecule has 6 nitrogen and oxygen atoms in total. The van der Waals surface area contributed by atoms with Gasteiger partial charge in [0.2, 0.25) is 10.0 Å². The Bertz CT molecular complexity index is 1310. The highest BCUT2D eigenvalue weighted by molar-refractivity contribution is 7.92. The van der Waals surface area contributed by atoms with Crippen molar-refractivity contribution in [2.75, 3.05) is 22.8 Å². The lowest BCUT2D eigenvalue weighted by molar-refractivity contribution is 0.602. The van der Waals surface area contributed by atoms with E-state index < -0.39 is 10.0 Å². The van der Waals surface area contributed by atoms with E-state index in [9.17, 15) is 8.42 Å². The minimum absolute atomic E-state index is 0.0593. The van der Waals surface area contributed by atoms with Crippen LogP contribution in [0.5, 0.6) is 0 Å². The third kappa shape index (κ3) is 4.59. The molecule has 0 bridgehead atoms. The highest BCUT2D eigenvalue weighted by Gasteiger charge is 2.12. The molecular weight excluding hydrogens is 436 g/mol. The lowest BCUT2D eigenvalue weighted by Gasteiger charge is -2.08. The molecule has 0 aliphatic heterocycles. The maximum absolute atomic E-state index is 11.9. The predicted octanol–water partition coefficient (Wildman–Crippen LogP) is 4.50. The van der Waals surface area contributed by atoms with E-state index in [1.807, 2.05) is 18.2 Å². The number of hydrogen-bond donors (Lipinski definition) is 3. The van der Waals surface area contributed by atoms with Crippen LogP contribution in [0.15, 0.2) is 36.4 Å². The molecule has 4 N–H and O–H groups in total. The SMILES string of the molecule is CCS(=O)(=O)Nc1ccc2sc(C)c(CCNCc3ccc4sc(N)nc4c3)c2c1. The molecule has 0 aliphatic rings. The number of thiophene rings is 1. The summed E-state index contributed by atoms with van der Waals surface area (Å²) < 4.78 is 28.7. The van der Waals surface area contributed by atoms with Gasteiger partial charge in [-0.1, -0.05) is 17.4 Å². The van der Waals surface area contributed by atoms with Crippen molar-refractivity contribution >= 4 is 63.8 Å². The van der Waals surface area contributed by atoms with Crippen LogP contribution in [0.3, 0.4) is 0 Å². The number of nitrogens with zero attached hydrogens (tertiary/aromatic N) is 1. The van der Waals surface area contributed by atoms with Gasteiger partial charge in [-0.05, 0) is 73.7 Å². The van der Waals surface area contributed by atoms with Gasteiger partial charge >= 0.3 is 0 Å². The molecule has 0 unspecified atom stereocenters. The fourth-order valence-electron chi connectivity index (χ4n) is 3.44. The summed E-state index contributed by atoms with van der Waals surface area (Å²) >= 11 is 3.25. The van der Waals surface area contributed by atoms with Crippen LogP contribution in [0, 0.1) is 6.92 Å². The van der Waals surface area contributed by atoms with Crippen LogP contribution in [-0.2, 0) is 23.0 Å². The van der Waals surface area contributed by atoms with Crippen molar-refractivity contribution in [3.8, 4) is 0 Å². The monoisotopic (exact) mass is 460 g/mol. The number of nitrogens with two attached hydrogens (primary N) is 1. The number of thiazole rings is 1. The standard InChI is InChI=1S/C21H24N4O2S3/c1-3-30(26,27)25-15-5-7-19-17(11-15)16(13(2)28-19)8-9-23-12-14-4-6-20-18(10-14)24-21(22)29-20/h4-7,10-11,23,25H,3,8-9,12H2,1-2H3,(H2,22,24). The molecule has 0 spiro atoms. The molecule has 0 fully saturated rings. The summed E-state index contributed by atoms with van der Waals surface area (Å²) in [5.41, 5.74) is 9.79. The van der Waals surface area contributed by atoms with E-state index in [0.29, 0.717) is 10.8 Å². The lowest BCUT2D eigenvalue weighted by Crippen LogP contribution is -2.17. The minimum atomic E-state index is -3.28. The van der Waals surface area contributed by atoms with Gasteiger partial charge in [-0.15, -0.1) is 11.3 Å². The Labute approximate surface area is 184 Å². The zero-order valence-corrected chi connectivity index (χ0v) is 19.3. The van der Waals surface area contributed by atoms with Gasteiger partial charge in [0, 0.05) is 21.8 Å². The second kappa shape index (κ2) is 8.50. The molecule has 0 aliphatic carbocycles. The van der Waals surface area contributed by atoms with E-state index in [0.717, 1.165) is 35.1 Å². The quantitative estimate of drug-likeness (QED) is 0.337. The van der Waals surface area contributed by atoms with Crippen molar-refractivity contribution < 1.29 is 8.42 Å². The molecule has 4 aromatic rings. The third-order valence-corrected chi connectivity index (χ3v) is 8.30. The number of fused-ring (bicyclic) bond motifs is 2. The minimum Gasteiger partial charge on any atom is -0.375 e. The van der Waals surface area contributed by atoms with Gasteiger partial charge in [-0.3, -0.25) is 4.72 Å². The molecule has 30 heavy (non-hydrogen) atoms. The molecule has 2 heterocycles. The van der Waals surface area contributed by atoms with Crippen molar-refractivity contribution in [1.82, 2.24) is 10.3 Å². The van der Waals surface area contributed by atoms with Gasteiger partial charge < -0.3 is 11.1 Å². The Morgan fingerprint density at radius 3 is 2.70 bits per heavy atom. The van der Waals surface area contributed by atoms with E-state index in [1.165, 1.54) is 32.0 Å². The maximum Gasteiger partial charge on any atom is 0.232 e. The Balaban J connectivity index is 1.44. The smallest absolute Gasteiger partial charge is 0.232 e. The molecule has 4 rings (SSSR count). The number of hydrogen-bond acceptors (Lipinski definition) is 7. The average molecular weight is 461 g/mol. The van der Waals surface area contributed by atoms with Gasteiger partial charge in [0.1, 0.15) is 0 Å². The third-order valence-electron chi connectivity index (χ3n) is 5.00. The van der Waals surface area contributed by atoms with Crippen LogP contribution in [-0.4, -0.2) is 25.7 Å². The van der Waals surface area contributed by atoms with E-state index in [-0.39, 0.29) is 5.75 Å². The number of aryl methyl sites for hydroxylation is 1. The number of nitrogen functional groups attached to an aromatic ring is 1. The number of benzene rings is 2. The number of nitrogens with one attached hydrogen (secondary N) is 2. The fourth-order valence-corrected chi connectivity index (χ4v) is 5.88. The summed E-state index contributed by atoms with van der Waals surface area (Å²) in [5, 5.41) is 5.22. The first-order valence-electron chi connectivity index (χ1n) is 9.73. The zero-order chi connectivity index (χ0) is 21.3. The van der Waals surface area contributed by atoms with E-state index in [2.05, 4.69) is 40.1 Å². The van der Waals surface area contributed by atoms with Crippen molar-refractivity contribution in [3.05, 3.63) is 52.4 Å². The highest BCUT2D eigenvalue weighted by atomic mass is 32.2. The number of sulfonamides is 1. The summed E-state index contributed by atoms with van der Waals surface area (Å²) in [5.74, 6) is 0.0593. The summed E-state index contributed by atoms with van der Waals surface area (Å²) in [6.45, 7) is 5.34. The van der Waals surface area contributed by atoms with Crippen molar-refractivity contribution in [2.45, 2.75) is 26.8 Å². The van der Waals surface area contributed by atoms with E-state index in [4.69, 9.17) is 5.73 Å². The number of rotatable bonds is 8. The molecule has 0 amide bonds. The van der Waals surface area contributed by atoms with Gasteiger partial charge in [-0.25, -0.2) is 13.4 Å². The molecule has 0 radical (unpaired) electrons. The Morgan fingerprint density at radius 2 is 1.90 bits per heavy atom. The second-order valence-electron chi connectivity index (χ2n) is 7.13. The Kier molecular flexibility index (Phi) is 5.97. The molecular formula is C21H24N4O2S3. The van der Waals surface area contributed by atoms with Crippen LogP contribution in [0.4, 0.5) is 10.8 Å². The lowest BCUT2D eigenvalue weighted by atomic mass is 10.1. The molecule has 0 atom stereocenters. The normalized spacial score (nSPS) is 12.1. The molecule has 2 aromatic carbocycles. The molecule has 0 saturated heterocycles. The topological polar surface area (TPSA) is 97.1 Å². The summed E-state index contributed by atoms with van der Waals surface area (Å²) in [6, 6.07) is 12.0. The van der Waals surface area contributed by atoms with Gasteiger partial charge in [0.15, 0.2) is 5.13 Å². The summed E-state index contributed by atoms with van der Waals surface area (Å²) in [4.78, 5) is 5.61. The Morgan fingerprint density at radius 1 is 1.10 bits per heavy atom.